The van der Waals surface area contributed by atoms with Crippen LogP contribution in [0.1, 0.15) is 58.3 Å². The summed E-state index contributed by atoms with van der Waals surface area (Å²) in [6.07, 6.45) is 9.23. The Kier molecular flexibility index (Phi) is 6.92. The Hall–Kier alpha value is -2.81. The van der Waals surface area contributed by atoms with Gasteiger partial charge in [0.15, 0.2) is 0 Å². The normalized spacial score (nSPS) is 15.1. The third kappa shape index (κ3) is 4.79. The Balaban J connectivity index is 1.78. The maximum Gasteiger partial charge on any atom is 0.321 e. The summed E-state index contributed by atoms with van der Waals surface area (Å²) in [7, 11) is 1.02. The molecule has 2 aromatic rings. The number of likely N-dealkylation sites (tertiary alicyclic amines) is 1. The Morgan fingerprint density at radius 3 is 2.69 bits per heavy atom. The van der Waals surface area contributed by atoms with Gasteiger partial charge in [0, 0.05) is 36.3 Å². The van der Waals surface area contributed by atoms with Crippen molar-refractivity contribution < 1.29 is 9.82 Å². The highest BCUT2D eigenvalue weighted by Crippen LogP contribution is 2.30. The lowest BCUT2D eigenvalue weighted by molar-refractivity contribution is 0.0712. The van der Waals surface area contributed by atoms with Crippen LogP contribution in [0.2, 0.25) is 0 Å². The van der Waals surface area contributed by atoms with E-state index in [1.165, 1.54) is 5.56 Å². The molecule has 29 heavy (non-hydrogen) atoms. The van der Waals surface area contributed by atoms with Crippen LogP contribution in [0.3, 0.4) is 0 Å². The van der Waals surface area contributed by atoms with Crippen LogP contribution >= 0.6 is 0 Å². The molecule has 0 bridgehead atoms. The second-order valence-electron chi connectivity index (χ2n) is 7.44. The molecule has 3 rings (SSSR count). The first-order valence-electron chi connectivity index (χ1n) is 9.91. The molecule has 0 aliphatic carbocycles. The lowest BCUT2D eigenvalue weighted by atomic mass is 9.85. The number of rotatable bonds is 5. The van der Waals surface area contributed by atoms with Crippen molar-refractivity contribution in [3.8, 4) is 12.3 Å². The van der Waals surface area contributed by atoms with Crippen LogP contribution in [0.15, 0.2) is 47.9 Å². The van der Waals surface area contributed by atoms with Gasteiger partial charge in [-0.2, -0.15) is 0 Å². The summed E-state index contributed by atoms with van der Waals surface area (Å²) in [6.45, 7) is 3.70. The number of benzene rings is 2. The topological polar surface area (TPSA) is 66.6 Å². The number of nitrogens with zero attached hydrogens (tertiary/aromatic N) is 1. The Bertz CT molecular complexity index is 954. The molecule has 0 saturated carbocycles. The molecule has 1 aliphatic rings. The molecule has 0 unspecified atom stereocenters. The van der Waals surface area contributed by atoms with Crippen molar-refractivity contribution in [2.24, 2.45) is 5.73 Å². The number of nitrogens with two attached hydrogens (primary N) is 1. The van der Waals surface area contributed by atoms with Crippen LogP contribution < -0.4 is 5.73 Å². The summed E-state index contributed by atoms with van der Waals surface area (Å²) in [5.41, 5.74) is 10.7. The van der Waals surface area contributed by atoms with Crippen molar-refractivity contribution in [1.29, 1.82) is 0 Å². The van der Waals surface area contributed by atoms with Gasteiger partial charge in [-0.15, -0.1) is 6.42 Å². The number of hydrogen-bond donors (Lipinski definition) is 2. The summed E-state index contributed by atoms with van der Waals surface area (Å²) < 4.78 is 0. The molecule has 4 nitrogen and oxygen atoms in total. The second-order valence-corrected chi connectivity index (χ2v) is 7.44. The van der Waals surface area contributed by atoms with E-state index in [1.54, 1.807) is 19.1 Å². The summed E-state index contributed by atoms with van der Waals surface area (Å²) >= 11 is 0. The van der Waals surface area contributed by atoms with E-state index in [-0.39, 0.29) is 5.91 Å². The van der Waals surface area contributed by atoms with E-state index < -0.39 is 0 Å². The molecule has 1 heterocycles. The molecule has 1 amide bonds. The molecule has 147 valence electrons. The molecule has 0 spiro atoms. The van der Waals surface area contributed by atoms with Gasteiger partial charge in [-0.3, -0.25) is 4.79 Å². The van der Waals surface area contributed by atoms with Crippen molar-refractivity contribution in [3.63, 3.8) is 0 Å². The minimum atomic E-state index is -0.0201. The second kappa shape index (κ2) is 9.60. The zero-order valence-electron chi connectivity index (χ0n) is 16.8. The largest absolute Gasteiger partial charge is 0.450 e. The third-order valence-electron chi connectivity index (χ3n) is 5.51. The standard InChI is InChI=1S/C24H26BN2O2/c1-3-19-7-5-9-22(23(19)14-17(2)25-29)24(28)27-12-10-20(11-13-27)21-8-4-6-18(15-21)16-26/h1,4-9,14-15,20,29H,10-13,16,26H2,2H3/b17-14+. The zero-order chi connectivity index (χ0) is 20.8. The van der Waals surface area contributed by atoms with Gasteiger partial charge in [-0.05, 0) is 48.9 Å². The fraction of sp³-hybridized carbons (Fsp3) is 0.292. The molecule has 3 N–H and O–H groups in total. The van der Waals surface area contributed by atoms with E-state index in [0.29, 0.717) is 47.7 Å². The molecule has 1 saturated heterocycles. The van der Waals surface area contributed by atoms with Crippen molar-refractivity contribution in [3.05, 3.63) is 75.8 Å². The molecule has 1 aliphatic heterocycles. The van der Waals surface area contributed by atoms with Crippen molar-refractivity contribution >= 4 is 19.5 Å². The van der Waals surface area contributed by atoms with Crippen LogP contribution in [0.5, 0.6) is 0 Å². The average Bonchev–Trinajstić information content (AvgIpc) is 2.78. The van der Waals surface area contributed by atoms with Crippen LogP contribution in [0.4, 0.5) is 0 Å². The van der Waals surface area contributed by atoms with E-state index in [4.69, 9.17) is 12.2 Å². The summed E-state index contributed by atoms with van der Waals surface area (Å²) in [4.78, 5) is 15.1. The summed E-state index contributed by atoms with van der Waals surface area (Å²) in [5, 5.41) is 9.26. The van der Waals surface area contributed by atoms with E-state index in [9.17, 15) is 9.82 Å². The highest BCUT2D eigenvalue weighted by molar-refractivity contribution is 6.37. The van der Waals surface area contributed by atoms with Gasteiger partial charge < -0.3 is 15.7 Å². The Labute approximate surface area is 173 Å². The van der Waals surface area contributed by atoms with Crippen molar-refractivity contribution in [1.82, 2.24) is 4.90 Å². The fourth-order valence-corrected chi connectivity index (χ4v) is 3.86. The minimum absolute atomic E-state index is 0.0201. The lowest BCUT2D eigenvalue weighted by Gasteiger charge is -2.33. The smallest absolute Gasteiger partial charge is 0.321 e. The van der Waals surface area contributed by atoms with Gasteiger partial charge >= 0.3 is 7.48 Å². The highest BCUT2D eigenvalue weighted by Gasteiger charge is 2.26. The highest BCUT2D eigenvalue weighted by atomic mass is 16.2. The Morgan fingerprint density at radius 2 is 2.03 bits per heavy atom. The maximum absolute atomic E-state index is 13.2. The van der Waals surface area contributed by atoms with Gasteiger partial charge in [0.05, 0.1) is 0 Å². The lowest BCUT2D eigenvalue weighted by Crippen LogP contribution is -2.38. The van der Waals surface area contributed by atoms with Crippen LogP contribution in [0, 0.1) is 12.3 Å². The molecule has 5 heteroatoms. The maximum atomic E-state index is 13.2. The molecule has 1 radical (unpaired) electrons. The van der Waals surface area contributed by atoms with E-state index in [2.05, 4.69) is 24.1 Å². The minimum Gasteiger partial charge on any atom is -0.450 e. The molecule has 2 aromatic carbocycles. The third-order valence-corrected chi connectivity index (χ3v) is 5.51. The van der Waals surface area contributed by atoms with Gasteiger partial charge in [-0.25, -0.2) is 0 Å². The first kappa shape index (κ1) is 20.9. The molecular formula is C24H26BN2O2. The number of carbonyl (C=O) groups is 1. The quantitative estimate of drug-likeness (QED) is 0.614. The molecule has 0 atom stereocenters. The predicted molar refractivity (Wildman–Crippen MR) is 118 cm³/mol. The molecule has 0 aromatic heterocycles. The van der Waals surface area contributed by atoms with Crippen molar-refractivity contribution in [2.75, 3.05) is 13.1 Å². The van der Waals surface area contributed by atoms with E-state index >= 15 is 0 Å². The fourth-order valence-electron chi connectivity index (χ4n) is 3.86. The van der Waals surface area contributed by atoms with Crippen LogP contribution in [-0.4, -0.2) is 36.4 Å². The number of hydrogen-bond acceptors (Lipinski definition) is 3. The first-order chi connectivity index (χ1) is 14.1. The summed E-state index contributed by atoms with van der Waals surface area (Å²) in [5.74, 6) is 3.06. The molecular weight excluding hydrogens is 359 g/mol. The van der Waals surface area contributed by atoms with E-state index in [0.717, 1.165) is 25.9 Å². The van der Waals surface area contributed by atoms with Crippen LogP contribution in [0.25, 0.3) is 6.08 Å². The van der Waals surface area contributed by atoms with Gasteiger partial charge in [0.2, 0.25) is 0 Å². The first-order valence-corrected chi connectivity index (χ1v) is 9.91. The summed E-state index contributed by atoms with van der Waals surface area (Å²) in [6, 6.07) is 13.8. The van der Waals surface area contributed by atoms with E-state index in [1.807, 2.05) is 23.1 Å². The van der Waals surface area contributed by atoms with Gasteiger partial charge in [-0.1, -0.05) is 47.8 Å². The number of terminal acetylenes is 1. The van der Waals surface area contributed by atoms with Crippen LogP contribution in [-0.2, 0) is 6.54 Å². The Morgan fingerprint density at radius 1 is 1.31 bits per heavy atom. The number of allylic oxidation sites excluding steroid dienone is 1. The van der Waals surface area contributed by atoms with Gasteiger partial charge in [0.1, 0.15) is 0 Å². The monoisotopic (exact) mass is 385 g/mol. The average molecular weight is 385 g/mol. The SMILES string of the molecule is C#Cc1cccc(C(=O)N2CCC(c3cccc(CN)c3)CC2)c1/C=C(\C)[B]O. The predicted octanol–water partition coefficient (Wildman–Crippen LogP) is 3.12. The zero-order valence-corrected chi connectivity index (χ0v) is 16.8. The number of amides is 1. The van der Waals surface area contributed by atoms with Gasteiger partial charge in [0.25, 0.3) is 5.91 Å². The number of carbonyl (C=O) groups excluding carboxylic acids is 1. The number of piperidine rings is 1. The molecule has 1 fully saturated rings. The van der Waals surface area contributed by atoms with Crippen molar-refractivity contribution in [2.45, 2.75) is 32.2 Å².